The van der Waals surface area contributed by atoms with Crippen molar-refractivity contribution in [2.75, 3.05) is 0 Å². The van der Waals surface area contributed by atoms with E-state index < -0.39 is 0 Å². The summed E-state index contributed by atoms with van der Waals surface area (Å²) < 4.78 is 4.51. The lowest BCUT2D eigenvalue weighted by Crippen LogP contribution is -2.45. The molecule has 0 aliphatic carbocycles. The minimum atomic E-state index is 0.506. The minimum Gasteiger partial charge on any atom is -0.231 e. The van der Waals surface area contributed by atoms with Gasteiger partial charge in [0.1, 0.15) is 5.69 Å². The number of hydrogen-bond donors (Lipinski definition) is 0. The Morgan fingerprint density at radius 2 is 1.80 bits per heavy atom. The number of aromatic nitrogens is 3. The van der Waals surface area contributed by atoms with Gasteiger partial charge in [-0.05, 0) is 50.3 Å². The highest BCUT2D eigenvalue weighted by atomic mass is 15.4. The molecule has 0 radical (unpaired) electrons. The molecule has 1 aliphatic rings. The van der Waals surface area contributed by atoms with Gasteiger partial charge in [0.2, 0.25) is 6.33 Å². The maximum atomic E-state index is 4.94. The maximum Gasteiger partial charge on any atom is 0.278 e. The maximum absolute atomic E-state index is 4.94. The van der Waals surface area contributed by atoms with Gasteiger partial charge >= 0.3 is 0 Å². The van der Waals surface area contributed by atoms with Gasteiger partial charge in [-0.15, -0.1) is 0 Å². The molecule has 0 saturated carbocycles. The highest BCUT2D eigenvalue weighted by Gasteiger charge is 2.29. The molecule has 0 N–H and O–H groups in total. The number of aryl methyl sites for hydroxylation is 4. The lowest BCUT2D eigenvalue weighted by molar-refractivity contribution is -0.735. The molecule has 1 aliphatic heterocycles. The second-order valence-corrected chi connectivity index (χ2v) is 7.37. The standard InChI is InChI=1S/C22H26N3/c1-16-12-17(2)22(18(3)13-16)25-15-24-20(10-7-11-21(24)23-25)14-19-8-5-4-6-9-19/h4-6,8-9,12-13,15,20H,7,10-11,14H2,1-3H3/q+1/t20-/m1/s1. The number of rotatable bonds is 3. The zero-order valence-electron chi connectivity index (χ0n) is 15.4. The third kappa shape index (κ3) is 3.11. The number of hydrogen-bond acceptors (Lipinski definition) is 1. The summed E-state index contributed by atoms with van der Waals surface area (Å²) in [4.78, 5) is 0. The number of fused-ring (bicyclic) bond motifs is 1. The summed E-state index contributed by atoms with van der Waals surface area (Å²) >= 11 is 0. The molecule has 128 valence electrons. The van der Waals surface area contributed by atoms with Crippen molar-refractivity contribution in [2.24, 2.45) is 0 Å². The summed E-state index contributed by atoms with van der Waals surface area (Å²) in [5, 5.41) is 4.94. The fourth-order valence-corrected chi connectivity index (χ4v) is 4.23. The highest BCUT2D eigenvalue weighted by Crippen LogP contribution is 2.24. The summed E-state index contributed by atoms with van der Waals surface area (Å²) in [6.07, 6.45) is 6.82. The van der Waals surface area contributed by atoms with E-state index in [2.05, 4.69) is 78.8 Å². The Kier molecular flexibility index (Phi) is 4.16. The van der Waals surface area contributed by atoms with E-state index in [1.165, 1.54) is 46.6 Å². The highest BCUT2D eigenvalue weighted by molar-refractivity contribution is 5.48. The summed E-state index contributed by atoms with van der Waals surface area (Å²) in [5.41, 5.74) is 6.52. The first kappa shape index (κ1) is 16.1. The van der Waals surface area contributed by atoms with Crippen molar-refractivity contribution in [3.8, 4) is 5.69 Å². The Morgan fingerprint density at radius 1 is 1.08 bits per heavy atom. The Morgan fingerprint density at radius 3 is 2.52 bits per heavy atom. The summed E-state index contributed by atoms with van der Waals surface area (Å²) in [6, 6.07) is 15.8. The average Bonchev–Trinajstić information content (AvgIpc) is 2.99. The lowest BCUT2D eigenvalue weighted by atomic mass is 9.97. The molecule has 3 aromatic rings. The molecule has 1 atom stereocenters. The third-order valence-electron chi connectivity index (χ3n) is 5.26. The SMILES string of the molecule is Cc1cc(C)c(-n2c[n+]3c(n2)CCC[C@@H]3Cc2ccccc2)c(C)c1. The predicted molar refractivity (Wildman–Crippen MR) is 100 cm³/mol. The summed E-state index contributed by atoms with van der Waals surface area (Å²) in [7, 11) is 0. The molecule has 3 heteroatoms. The van der Waals surface area contributed by atoms with E-state index in [1.54, 1.807) is 0 Å². The monoisotopic (exact) mass is 332 g/mol. The topological polar surface area (TPSA) is 21.7 Å². The molecular weight excluding hydrogens is 306 g/mol. The summed E-state index contributed by atoms with van der Waals surface area (Å²) in [6.45, 7) is 6.52. The second-order valence-electron chi connectivity index (χ2n) is 7.37. The molecule has 3 nitrogen and oxygen atoms in total. The van der Waals surface area contributed by atoms with Gasteiger partial charge in [-0.2, -0.15) is 0 Å². The van der Waals surface area contributed by atoms with Gasteiger partial charge in [-0.25, -0.2) is 4.57 Å². The Bertz CT molecular complexity index is 870. The molecule has 0 spiro atoms. The van der Waals surface area contributed by atoms with Crippen molar-refractivity contribution < 1.29 is 4.57 Å². The van der Waals surface area contributed by atoms with Gasteiger partial charge < -0.3 is 0 Å². The van der Waals surface area contributed by atoms with E-state index >= 15 is 0 Å². The average molecular weight is 332 g/mol. The van der Waals surface area contributed by atoms with Crippen molar-refractivity contribution >= 4 is 0 Å². The molecule has 25 heavy (non-hydrogen) atoms. The van der Waals surface area contributed by atoms with Crippen LogP contribution in [0, 0.1) is 20.8 Å². The summed E-state index contributed by atoms with van der Waals surface area (Å²) in [5.74, 6) is 1.21. The Hall–Kier alpha value is -2.42. The van der Waals surface area contributed by atoms with E-state index in [0.29, 0.717) is 6.04 Å². The van der Waals surface area contributed by atoms with E-state index in [4.69, 9.17) is 5.10 Å². The first-order chi connectivity index (χ1) is 12.1. The van der Waals surface area contributed by atoms with E-state index in [0.717, 1.165) is 12.8 Å². The second kappa shape index (κ2) is 6.47. The molecule has 2 aromatic carbocycles. The molecule has 0 amide bonds. The third-order valence-corrected chi connectivity index (χ3v) is 5.26. The zero-order valence-corrected chi connectivity index (χ0v) is 15.4. The molecule has 1 aromatic heterocycles. The fraction of sp³-hybridized carbons (Fsp3) is 0.364. The van der Waals surface area contributed by atoms with Crippen LogP contribution in [-0.2, 0) is 12.8 Å². The lowest BCUT2D eigenvalue weighted by Gasteiger charge is -2.19. The largest absolute Gasteiger partial charge is 0.278 e. The molecule has 0 saturated heterocycles. The van der Waals surface area contributed by atoms with Crippen molar-refractivity contribution in [1.82, 2.24) is 9.78 Å². The Balaban J connectivity index is 1.71. The quantitative estimate of drug-likeness (QED) is 0.659. The van der Waals surface area contributed by atoms with Gasteiger partial charge in [0, 0.05) is 17.9 Å². The van der Waals surface area contributed by atoms with Crippen LogP contribution >= 0.6 is 0 Å². The van der Waals surface area contributed by atoms with E-state index in [-0.39, 0.29) is 0 Å². The van der Waals surface area contributed by atoms with Crippen LogP contribution in [0.15, 0.2) is 48.8 Å². The van der Waals surface area contributed by atoms with Crippen molar-refractivity contribution in [2.45, 2.75) is 52.5 Å². The van der Waals surface area contributed by atoms with Crippen molar-refractivity contribution in [3.63, 3.8) is 0 Å². The zero-order chi connectivity index (χ0) is 17.4. The van der Waals surface area contributed by atoms with Crippen LogP contribution in [0.1, 0.15) is 47.0 Å². The molecule has 0 unspecified atom stereocenters. The van der Waals surface area contributed by atoms with Gasteiger partial charge in [0.25, 0.3) is 5.82 Å². The van der Waals surface area contributed by atoms with E-state index in [9.17, 15) is 0 Å². The van der Waals surface area contributed by atoms with Crippen LogP contribution in [0.25, 0.3) is 5.69 Å². The van der Waals surface area contributed by atoms with Gasteiger partial charge in [0.15, 0.2) is 0 Å². The predicted octanol–water partition coefficient (Wildman–Crippen LogP) is 4.21. The first-order valence-corrected chi connectivity index (χ1v) is 9.23. The fourth-order valence-electron chi connectivity index (χ4n) is 4.23. The number of nitrogens with zero attached hydrogens (tertiary/aromatic N) is 3. The molecule has 2 heterocycles. The molecular formula is C22H26N3+. The molecule has 0 fully saturated rings. The van der Waals surface area contributed by atoms with Crippen LogP contribution in [-0.4, -0.2) is 9.78 Å². The van der Waals surface area contributed by atoms with Crippen LogP contribution in [0.5, 0.6) is 0 Å². The Labute approximate surface area is 149 Å². The van der Waals surface area contributed by atoms with Crippen LogP contribution in [0.3, 0.4) is 0 Å². The van der Waals surface area contributed by atoms with Crippen LogP contribution in [0.4, 0.5) is 0 Å². The normalized spacial score (nSPS) is 16.7. The minimum absolute atomic E-state index is 0.506. The van der Waals surface area contributed by atoms with Crippen molar-refractivity contribution in [3.05, 3.63) is 76.9 Å². The van der Waals surface area contributed by atoms with Gasteiger partial charge in [0.05, 0.1) is 6.04 Å². The van der Waals surface area contributed by atoms with Crippen LogP contribution in [0.2, 0.25) is 0 Å². The van der Waals surface area contributed by atoms with Crippen LogP contribution < -0.4 is 4.57 Å². The molecule has 4 rings (SSSR count). The first-order valence-electron chi connectivity index (χ1n) is 9.23. The smallest absolute Gasteiger partial charge is 0.231 e. The number of benzene rings is 2. The molecule has 0 bridgehead atoms. The van der Waals surface area contributed by atoms with Gasteiger partial charge in [-0.1, -0.05) is 52.7 Å². The van der Waals surface area contributed by atoms with E-state index in [1.807, 2.05) is 0 Å². The van der Waals surface area contributed by atoms with Gasteiger partial charge in [-0.3, -0.25) is 0 Å². The van der Waals surface area contributed by atoms with Crippen molar-refractivity contribution in [1.29, 1.82) is 0 Å².